The van der Waals surface area contributed by atoms with E-state index in [-0.39, 0.29) is 16.9 Å². The van der Waals surface area contributed by atoms with Gasteiger partial charge in [-0.2, -0.15) is 0 Å². The van der Waals surface area contributed by atoms with Gasteiger partial charge in [0.1, 0.15) is 17.1 Å². The predicted octanol–water partition coefficient (Wildman–Crippen LogP) is 1.74. The van der Waals surface area contributed by atoms with Crippen molar-refractivity contribution in [1.82, 2.24) is 0 Å². The molecule has 92 valence electrons. The lowest BCUT2D eigenvalue weighted by Crippen LogP contribution is -2.02. The van der Waals surface area contributed by atoms with Gasteiger partial charge in [0, 0.05) is 5.56 Å². The van der Waals surface area contributed by atoms with Crippen LogP contribution in [0.3, 0.4) is 0 Å². The lowest BCUT2D eigenvalue weighted by atomic mass is 10.0. The Labute approximate surface area is 102 Å². The zero-order chi connectivity index (χ0) is 13.3. The molecule has 0 aliphatic heterocycles. The summed E-state index contributed by atoms with van der Waals surface area (Å²) in [7, 11) is 0. The molecule has 2 rings (SSSR count). The molecule has 5 nitrogen and oxygen atoms in total. The van der Waals surface area contributed by atoms with Crippen LogP contribution in [0, 0.1) is 0 Å². The van der Waals surface area contributed by atoms with Gasteiger partial charge in [0.05, 0.1) is 0 Å². The third-order valence-electron chi connectivity index (χ3n) is 2.49. The molecular formula is C13H10O5. The molecule has 0 amide bonds. The van der Waals surface area contributed by atoms with E-state index in [2.05, 4.69) is 0 Å². The molecule has 0 aliphatic carbocycles. The van der Waals surface area contributed by atoms with E-state index in [1.807, 2.05) is 0 Å². The number of carbonyl (C=O) groups is 1. The standard InChI is InChI=1S/C13H10O5/c14-8-3-1-7(2-4-8)12(17)11-9(15)5-6-10(16)13(11)18/h1-6,14-16,18H. The Morgan fingerprint density at radius 3 is 1.94 bits per heavy atom. The van der Waals surface area contributed by atoms with Crippen LogP contribution in [0.25, 0.3) is 0 Å². The molecule has 0 saturated heterocycles. The number of phenolic OH excluding ortho intramolecular Hbond substituents is 4. The minimum Gasteiger partial charge on any atom is -0.508 e. The molecule has 0 fully saturated rings. The average Bonchev–Trinajstić information content (AvgIpc) is 2.35. The highest BCUT2D eigenvalue weighted by Gasteiger charge is 2.20. The zero-order valence-corrected chi connectivity index (χ0v) is 9.16. The average molecular weight is 246 g/mol. The van der Waals surface area contributed by atoms with Crippen LogP contribution < -0.4 is 0 Å². The quantitative estimate of drug-likeness (QED) is 0.367. The number of hydrogen-bond donors (Lipinski definition) is 4. The van der Waals surface area contributed by atoms with E-state index >= 15 is 0 Å². The molecule has 4 N–H and O–H groups in total. The molecule has 0 spiro atoms. The van der Waals surface area contributed by atoms with Gasteiger partial charge in [0.15, 0.2) is 11.5 Å². The predicted molar refractivity (Wildman–Crippen MR) is 63.0 cm³/mol. The monoisotopic (exact) mass is 246 g/mol. The minimum atomic E-state index is -0.673. The van der Waals surface area contributed by atoms with Crippen molar-refractivity contribution in [1.29, 1.82) is 0 Å². The summed E-state index contributed by atoms with van der Waals surface area (Å²) in [5.41, 5.74) is -0.204. The lowest BCUT2D eigenvalue weighted by molar-refractivity contribution is 0.103. The van der Waals surface area contributed by atoms with Crippen LogP contribution in [0.15, 0.2) is 36.4 Å². The highest BCUT2D eigenvalue weighted by Crippen LogP contribution is 2.36. The first-order valence-corrected chi connectivity index (χ1v) is 5.08. The van der Waals surface area contributed by atoms with Crippen molar-refractivity contribution in [2.75, 3.05) is 0 Å². The summed E-state index contributed by atoms with van der Waals surface area (Å²) in [5, 5.41) is 37.6. The number of benzene rings is 2. The second-order valence-electron chi connectivity index (χ2n) is 3.70. The van der Waals surface area contributed by atoms with E-state index in [4.69, 9.17) is 5.11 Å². The Hall–Kier alpha value is -2.69. The van der Waals surface area contributed by atoms with Crippen LogP contribution >= 0.6 is 0 Å². The summed E-state index contributed by atoms with van der Waals surface area (Å²) in [4.78, 5) is 12.0. The first-order valence-electron chi connectivity index (χ1n) is 5.08. The lowest BCUT2D eigenvalue weighted by Gasteiger charge is -2.07. The number of phenols is 4. The molecule has 5 heteroatoms. The van der Waals surface area contributed by atoms with E-state index < -0.39 is 23.0 Å². The van der Waals surface area contributed by atoms with Gasteiger partial charge in [-0.25, -0.2) is 0 Å². The van der Waals surface area contributed by atoms with Gasteiger partial charge in [-0.1, -0.05) is 0 Å². The third-order valence-corrected chi connectivity index (χ3v) is 2.49. The highest BCUT2D eigenvalue weighted by molar-refractivity contribution is 6.12. The van der Waals surface area contributed by atoms with Gasteiger partial charge < -0.3 is 20.4 Å². The molecular weight excluding hydrogens is 236 g/mol. The number of aromatic hydroxyl groups is 4. The summed E-state index contributed by atoms with van der Waals surface area (Å²) in [5.74, 6) is -2.25. The molecule has 0 heterocycles. The van der Waals surface area contributed by atoms with Crippen LogP contribution in [0.4, 0.5) is 0 Å². The smallest absolute Gasteiger partial charge is 0.200 e. The molecule has 0 saturated carbocycles. The van der Waals surface area contributed by atoms with Crippen molar-refractivity contribution in [3.8, 4) is 23.0 Å². The second kappa shape index (κ2) is 4.29. The maximum absolute atomic E-state index is 12.0. The summed E-state index contributed by atoms with van der Waals surface area (Å²) < 4.78 is 0. The van der Waals surface area contributed by atoms with Crippen molar-refractivity contribution >= 4 is 5.78 Å². The molecule has 0 unspecified atom stereocenters. The van der Waals surface area contributed by atoms with E-state index in [1.165, 1.54) is 24.3 Å². The Morgan fingerprint density at radius 1 is 0.778 bits per heavy atom. The van der Waals surface area contributed by atoms with Gasteiger partial charge in [-0.05, 0) is 36.4 Å². The van der Waals surface area contributed by atoms with Gasteiger partial charge in [-0.15, -0.1) is 0 Å². The Morgan fingerprint density at radius 2 is 1.33 bits per heavy atom. The van der Waals surface area contributed by atoms with E-state index in [9.17, 15) is 20.1 Å². The molecule has 0 aromatic heterocycles. The Kier molecular flexibility index (Phi) is 2.81. The first kappa shape index (κ1) is 11.8. The van der Waals surface area contributed by atoms with E-state index in [0.29, 0.717) is 0 Å². The Bertz CT molecular complexity index is 602. The molecule has 18 heavy (non-hydrogen) atoms. The maximum Gasteiger partial charge on any atom is 0.200 e. The van der Waals surface area contributed by atoms with Crippen LogP contribution in [0.5, 0.6) is 23.0 Å². The van der Waals surface area contributed by atoms with Crippen molar-refractivity contribution in [3.63, 3.8) is 0 Å². The SMILES string of the molecule is O=C(c1ccc(O)cc1)c1c(O)ccc(O)c1O. The zero-order valence-electron chi connectivity index (χ0n) is 9.16. The molecule has 2 aromatic carbocycles. The first-order chi connectivity index (χ1) is 8.50. The highest BCUT2D eigenvalue weighted by atomic mass is 16.3. The maximum atomic E-state index is 12.0. The van der Waals surface area contributed by atoms with Gasteiger partial charge in [-0.3, -0.25) is 4.79 Å². The molecule has 0 atom stereocenters. The summed E-state index contributed by atoms with van der Waals surface area (Å²) in [6, 6.07) is 7.51. The topological polar surface area (TPSA) is 98.0 Å². The van der Waals surface area contributed by atoms with Crippen LogP contribution in [-0.2, 0) is 0 Å². The minimum absolute atomic E-state index is 0.00379. The van der Waals surface area contributed by atoms with Crippen molar-refractivity contribution in [2.45, 2.75) is 0 Å². The summed E-state index contributed by atoms with van der Waals surface area (Å²) >= 11 is 0. The van der Waals surface area contributed by atoms with Crippen molar-refractivity contribution < 1.29 is 25.2 Å². The van der Waals surface area contributed by atoms with Crippen molar-refractivity contribution in [3.05, 3.63) is 47.5 Å². The number of hydrogen-bond acceptors (Lipinski definition) is 5. The summed E-state index contributed by atoms with van der Waals surface area (Å²) in [6.07, 6.45) is 0. The van der Waals surface area contributed by atoms with Gasteiger partial charge >= 0.3 is 0 Å². The second-order valence-corrected chi connectivity index (χ2v) is 3.70. The largest absolute Gasteiger partial charge is 0.508 e. The number of rotatable bonds is 2. The molecule has 2 aromatic rings. The van der Waals surface area contributed by atoms with Gasteiger partial charge in [0.2, 0.25) is 5.78 Å². The molecule has 0 bridgehead atoms. The van der Waals surface area contributed by atoms with E-state index in [1.54, 1.807) is 0 Å². The normalized spacial score (nSPS) is 10.2. The molecule has 0 radical (unpaired) electrons. The van der Waals surface area contributed by atoms with E-state index in [0.717, 1.165) is 12.1 Å². The fourth-order valence-electron chi connectivity index (χ4n) is 1.55. The number of ketones is 1. The fraction of sp³-hybridized carbons (Fsp3) is 0. The fourth-order valence-corrected chi connectivity index (χ4v) is 1.55. The third kappa shape index (κ3) is 1.93. The summed E-state index contributed by atoms with van der Waals surface area (Å²) in [6.45, 7) is 0. The van der Waals surface area contributed by atoms with Crippen LogP contribution in [0.1, 0.15) is 15.9 Å². The van der Waals surface area contributed by atoms with Gasteiger partial charge in [0.25, 0.3) is 0 Å². The van der Waals surface area contributed by atoms with Crippen molar-refractivity contribution in [2.24, 2.45) is 0 Å². The molecule has 0 aliphatic rings. The van der Waals surface area contributed by atoms with Crippen LogP contribution in [0.2, 0.25) is 0 Å². The Balaban J connectivity index is 2.52. The van der Waals surface area contributed by atoms with Crippen LogP contribution in [-0.4, -0.2) is 26.2 Å². The number of carbonyl (C=O) groups excluding carboxylic acids is 1.